The van der Waals surface area contributed by atoms with E-state index in [0.29, 0.717) is 44.3 Å². The van der Waals surface area contributed by atoms with Gasteiger partial charge in [-0.1, -0.05) is 54.6 Å². The van der Waals surface area contributed by atoms with Crippen molar-refractivity contribution in [1.82, 2.24) is 10.6 Å². The number of unbranched alkanes of at least 4 members (excludes halogenated alkanes) is 1. The summed E-state index contributed by atoms with van der Waals surface area (Å²) in [5, 5.41) is 17.5. The van der Waals surface area contributed by atoms with E-state index in [0.717, 1.165) is 21.9 Å². The topological polar surface area (TPSA) is 122 Å². The molecule has 0 aliphatic heterocycles. The quantitative estimate of drug-likeness (QED) is 0.300. The zero-order valence-corrected chi connectivity index (χ0v) is 20.0. The third-order valence-electron chi connectivity index (χ3n) is 5.97. The number of rotatable bonds is 12. The maximum atomic E-state index is 13.1. The molecule has 0 spiro atoms. The van der Waals surface area contributed by atoms with Crippen molar-refractivity contribution in [2.45, 2.75) is 51.3 Å². The maximum Gasteiger partial charge on any atom is 0.251 e. The summed E-state index contributed by atoms with van der Waals surface area (Å²) < 4.78 is 0. The van der Waals surface area contributed by atoms with Crippen molar-refractivity contribution in [3.63, 3.8) is 0 Å². The van der Waals surface area contributed by atoms with Gasteiger partial charge in [0.15, 0.2) is 5.78 Å². The van der Waals surface area contributed by atoms with Crippen LogP contribution in [0.2, 0.25) is 0 Å². The molecule has 0 aromatic heterocycles. The summed E-state index contributed by atoms with van der Waals surface area (Å²) in [5.74, 6) is -0.884. The second kappa shape index (κ2) is 12.8. The first kappa shape index (κ1) is 26.1. The van der Waals surface area contributed by atoms with Crippen LogP contribution in [0.1, 0.15) is 47.7 Å². The van der Waals surface area contributed by atoms with E-state index in [4.69, 9.17) is 5.73 Å². The van der Waals surface area contributed by atoms with Gasteiger partial charge in [0.05, 0.1) is 0 Å². The third-order valence-corrected chi connectivity index (χ3v) is 5.97. The number of nitrogens with one attached hydrogen (secondary N) is 2. The molecular formula is C28H33N3O4. The Morgan fingerprint density at radius 2 is 1.69 bits per heavy atom. The fourth-order valence-electron chi connectivity index (χ4n) is 3.89. The van der Waals surface area contributed by atoms with E-state index in [1.54, 1.807) is 18.2 Å². The van der Waals surface area contributed by atoms with Crippen molar-refractivity contribution >= 4 is 28.4 Å². The second-order valence-electron chi connectivity index (χ2n) is 8.73. The summed E-state index contributed by atoms with van der Waals surface area (Å²) in [5.41, 5.74) is 7.92. The van der Waals surface area contributed by atoms with E-state index >= 15 is 0 Å². The molecule has 0 heterocycles. The highest BCUT2D eigenvalue weighted by Gasteiger charge is 2.22. The van der Waals surface area contributed by atoms with Gasteiger partial charge in [0.25, 0.3) is 5.91 Å². The lowest BCUT2D eigenvalue weighted by molar-refractivity contribution is -0.125. The molecule has 0 saturated carbocycles. The van der Waals surface area contributed by atoms with Crippen LogP contribution in [-0.4, -0.2) is 41.4 Å². The van der Waals surface area contributed by atoms with Gasteiger partial charge in [-0.05, 0) is 60.2 Å². The van der Waals surface area contributed by atoms with Crippen molar-refractivity contribution in [3.05, 3.63) is 83.4 Å². The van der Waals surface area contributed by atoms with Gasteiger partial charge in [-0.25, -0.2) is 0 Å². The molecular weight excluding hydrogens is 442 g/mol. The largest absolute Gasteiger partial charge is 0.385 e. The molecule has 0 saturated heterocycles. The lowest BCUT2D eigenvalue weighted by Gasteiger charge is -2.19. The molecule has 0 aliphatic carbocycles. The van der Waals surface area contributed by atoms with E-state index in [9.17, 15) is 19.5 Å². The van der Waals surface area contributed by atoms with Gasteiger partial charge in [0, 0.05) is 25.1 Å². The van der Waals surface area contributed by atoms with Crippen LogP contribution in [0, 0.1) is 0 Å². The smallest absolute Gasteiger partial charge is 0.251 e. The Kier molecular flexibility index (Phi) is 9.52. The van der Waals surface area contributed by atoms with E-state index in [2.05, 4.69) is 10.6 Å². The lowest BCUT2D eigenvalue weighted by Crippen LogP contribution is -2.48. The van der Waals surface area contributed by atoms with Crippen LogP contribution in [0.3, 0.4) is 0 Å². The second-order valence-corrected chi connectivity index (χ2v) is 8.73. The molecule has 0 aliphatic rings. The minimum Gasteiger partial charge on any atom is -0.385 e. The number of fused-ring (bicyclic) bond motifs is 1. The number of carbonyl (C=O) groups excluding carboxylic acids is 3. The summed E-state index contributed by atoms with van der Waals surface area (Å²) in [6.07, 6.45) is 0.955. The van der Waals surface area contributed by atoms with Crippen molar-refractivity contribution < 1.29 is 19.5 Å². The number of Topliss-reactive ketones (excluding diaryl/α,β-unsaturated/α-hetero) is 1. The Balaban J connectivity index is 1.69. The molecule has 2 atom stereocenters. The molecule has 3 rings (SSSR count). The van der Waals surface area contributed by atoms with Gasteiger partial charge < -0.3 is 21.5 Å². The predicted molar refractivity (Wildman–Crippen MR) is 137 cm³/mol. The van der Waals surface area contributed by atoms with Gasteiger partial charge in [-0.15, -0.1) is 0 Å². The standard InChI is InChI=1S/C28H33N3O4/c1-19(32)26(33)11-4-5-14-30-28(35)25(31-27(34)24-10-6-7-21(16-24)18-29)17-20-12-13-22-8-2-3-9-23(22)15-20/h2-3,6-10,12-13,15-16,25-26,33H,4-5,11,14,17-18,29H2,1H3,(H,30,35)(H,31,34)/t25-,26?/m0/s1. The first-order valence-electron chi connectivity index (χ1n) is 11.9. The number of aliphatic hydroxyl groups excluding tert-OH is 1. The van der Waals surface area contributed by atoms with Crippen molar-refractivity contribution in [2.24, 2.45) is 5.73 Å². The Bertz CT molecular complexity index is 1180. The fourth-order valence-corrected chi connectivity index (χ4v) is 3.89. The minimum absolute atomic E-state index is 0.258. The number of hydrogen-bond acceptors (Lipinski definition) is 5. The van der Waals surface area contributed by atoms with Crippen molar-refractivity contribution in [2.75, 3.05) is 6.54 Å². The molecule has 3 aromatic rings. The van der Waals surface area contributed by atoms with Crippen LogP contribution in [0.5, 0.6) is 0 Å². The van der Waals surface area contributed by atoms with Crippen molar-refractivity contribution in [1.29, 1.82) is 0 Å². The average Bonchev–Trinajstić information content (AvgIpc) is 2.87. The molecule has 1 unspecified atom stereocenters. The monoisotopic (exact) mass is 475 g/mol. The minimum atomic E-state index is -0.963. The molecule has 0 fully saturated rings. The van der Waals surface area contributed by atoms with Crippen LogP contribution in [0.25, 0.3) is 10.8 Å². The first-order valence-corrected chi connectivity index (χ1v) is 11.9. The summed E-state index contributed by atoms with van der Waals surface area (Å²) in [6.45, 7) is 2.06. The average molecular weight is 476 g/mol. The summed E-state index contributed by atoms with van der Waals surface area (Å²) in [4.78, 5) is 37.2. The summed E-state index contributed by atoms with van der Waals surface area (Å²) >= 11 is 0. The Morgan fingerprint density at radius 3 is 2.43 bits per heavy atom. The van der Waals surface area contributed by atoms with Crippen LogP contribution in [0.15, 0.2) is 66.7 Å². The highest BCUT2D eigenvalue weighted by molar-refractivity contribution is 5.97. The number of ketones is 1. The number of benzene rings is 3. The van der Waals surface area contributed by atoms with E-state index in [1.165, 1.54) is 6.92 Å². The lowest BCUT2D eigenvalue weighted by atomic mass is 10.0. The van der Waals surface area contributed by atoms with Crippen LogP contribution >= 0.6 is 0 Å². The van der Waals surface area contributed by atoms with Crippen molar-refractivity contribution in [3.8, 4) is 0 Å². The molecule has 184 valence electrons. The molecule has 7 nitrogen and oxygen atoms in total. The number of nitrogens with two attached hydrogens (primary N) is 1. The van der Waals surface area contributed by atoms with Crippen LogP contribution in [-0.2, 0) is 22.6 Å². The third kappa shape index (κ3) is 7.73. The highest BCUT2D eigenvalue weighted by atomic mass is 16.3. The maximum absolute atomic E-state index is 13.1. The molecule has 3 aromatic carbocycles. The van der Waals surface area contributed by atoms with E-state index < -0.39 is 12.1 Å². The number of hydrogen-bond donors (Lipinski definition) is 4. The van der Waals surface area contributed by atoms with Crippen LogP contribution in [0.4, 0.5) is 0 Å². The summed E-state index contributed by atoms with van der Waals surface area (Å²) in [6, 6.07) is 20.2. The molecule has 7 heteroatoms. The SMILES string of the molecule is CC(=O)C(O)CCCCNC(=O)[C@H](Cc1ccc2ccccc2c1)NC(=O)c1cccc(CN)c1. The molecule has 0 bridgehead atoms. The van der Waals surface area contributed by atoms with E-state index in [-0.39, 0.29) is 17.6 Å². The normalized spacial score (nSPS) is 12.7. The fraction of sp³-hybridized carbons (Fsp3) is 0.321. The van der Waals surface area contributed by atoms with Gasteiger partial charge in [0.1, 0.15) is 12.1 Å². The Labute approximate surface area is 205 Å². The Morgan fingerprint density at radius 1 is 0.914 bits per heavy atom. The number of carbonyl (C=O) groups is 3. The predicted octanol–water partition coefficient (Wildman–Crippen LogP) is 2.88. The summed E-state index contributed by atoms with van der Waals surface area (Å²) in [7, 11) is 0. The van der Waals surface area contributed by atoms with Gasteiger partial charge in [-0.3, -0.25) is 14.4 Å². The number of amides is 2. The molecule has 35 heavy (non-hydrogen) atoms. The number of aliphatic hydroxyl groups is 1. The Hall–Kier alpha value is -3.55. The molecule has 5 N–H and O–H groups in total. The first-order chi connectivity index (χ1) is 16.9. The molecule has 0 radical (unpaired) electrons. The zero-order valence-electron chi connectivity index (χ0n) is 20.0. The molecule has 2 amide bonds. The van der Waals surface area contributed by atoms with Gasteiger partial charge >= 0.3 is 0 Å². The zero-order chi connectivity index (χ0) is 25.2. The van der Waals surface area contributed by atoms with Crippen LogP contribution < -0.4 is 16.4 Å². The van der Waals surface area contributed by atoms with E-state index in [1.807, 2.05) is 48.5 Å². The highest BCUT2D eigenvalue weighted by Crippen LogP contribution is 2.17. The van der Waals surface area contributed by atoms with Gasteiger partial charge in [0.2, 0.25) is 5.91 Å². The van der Waals surface area contributed by atoms with Gasteiger partial charge in [-0.2, -0.15) is 0 Å².